The fraction of sp³-hybridized carbons (Fsp3) is 0.667. The minimum atomic E-state index is 0. The minimum Gasteiger partial charge on any atom is -0.388 e. The van der Waals surface area contributed by atoms with E-state index in [1.165, 1.54) is 0 Å². The van der Waals surface area contributed by atoms with Crippen LogP contribution in [0.3, 0.4) is 0 Å². The molecule has 0 N–H and O–H groups in total. The molecule has 0 bridgehead atoms. The summed E-state index contributed by atoms with van der Waals surface area (Å²) in [5.74, 6) is 0. The molecule has 0 aromatic rings. The van der Waals surface area contributed by atoms with Crippen molar-refractivity contribution in [1.82, 2.24) is 0 Å². The summed E-state index contributed by atoms with van der Waals surface area (Å²) < 4.78 is 4.25. The molecule has 31 valence electrons. The third-order valence-corrected chi connectivity index (χ3v) is 0. The monoisotopic (exact) mass is 150 g/mol. The Hall–Kier alpha value is 1.06. The third-order valence-electron chi connectivity index (χ3n) is 0. The first-order valence-electron chi connectivity index (χ1n) is 0.816. The van der Waals surface area contributed by atoms with Crippen LogP contribution in [0.25, 0.3) is 0 Å². The van der Waals surface area contributed by atoms with Crippen molar-refractivity contribution in [2.24, 2.45) is 0 Å². The molecule has 0 aromatic heterocycles. The predicted octanol–water partition coefficient (Wildman–Crippen LogP) is 0.710. The predicted molar refractivity (Wildman–Crippen MR) is 19.3 cm³/mol. The van der Waals surface area contributed by atoms with Crippen molar-refractivity contribution in [2.75, 3.05) is 14.2 Å². The molecule has 5 heavy (non-hydrogen) atoms. The summed E-state index contributed by atoms with van der Waals surface area (Å²) in [7, 11) is 3.25. The SMILES string of the molecule is COC.[CH3-].[Y]. The molecular formula is C3H9OY-. The Labute approximate surface area is 59.0 Å². The molecule has 0 atom stereocenters. The van der Waals surface area contributed by atoms with Crippen molar-refractivity contribution in [1.29, 1.82) is 0 Å². The van der Waals surface area contributed by atoms with Crippen LogP contribution >= 0.6 is 0 Å². The zero-order valence-electron chi connectivity index (χ0n) is 3.99. The quantitative estimate of drug-likeness (QED) is 0.462. The topological polar surface area (TPSA) is 9.23 Å². The van der Waals surface area contributed by atoms with E-state index in [4.69, 9.17) is 0 Å². The number of rotatable bonds is 0. The van der Waals surface area contributed by atoms with Crippen molar-refractivity contribution < 1.29 is 37.4 Å². The molecule has 1 radical (unpaired) electrons. The van der Waals surface area contributed by atoms with Gasteiger partial charge in [0.2, 0.25) is 0 Å². The molecular weight excluding hydrogens is 141 g/mol. The van der Waals surface area contributed by atoms with Crippen molar-refractivity contribution >= 4 is 0 Å². The Bertz CT molecular complexity index is 6.85. The van der Waals surface area contributed by atoms with E-state index in [-0.39, 0.29) is 40.1 Å². The molecule has 0 saturated carbocycles. The van der Waals surface area contributed by atoms with Crippen LogP contribution in [-0.4, -0.2) is 14.2 Å². The number of hydrogen-bond acceptors (Lipinski definition) is 1. The van der Waals surface area contributed by atoms with E-state index in [1.54, 1.807) is 14.2 Å². The smallest absolute Gasteiger partial charge is 0.0351 e. The first-order chi connectivity index (χ1) is 1.41. The van der Waals surface area contributed by atoms with Gasteiger partial charge in [0.05, 0.1) is 0 Å². The molecule has 0 saturated heterocycles. The van der Waals surface area contributed by atoms with E-state index >= 15 is 0 Å². The molecule has 0 aliphatic carbocycles. The van der Waals surface area contributed by atoms with Gasteiger partial charge in [-0.25, -0.2) is 0 Å². The van der Waals surface area contributed by atoms with Crippen LogP contribution in [0.2, 0.25) is 0 Å². The van der Waals surface area contributed by atoms with E-state index < -0.39 is 0 Å². The molecule has 1 nitrogen and oxygen atoms in total. The van der Waals surface area contributed by atoms with Crippen molar-refractivity contribution in [3.8, 4) is 0 Å². The van der Waals surface area contributed by atoms with E-state index in [9.17, 15) is 0 Å². The van der Waals surface area contributed by atoms with E-state index in [2.05, 4.69) is 4.74 Å². The Morgan fingerprint density at radius 3 is 1.20 bits per heavy atom. The van der Waals surface area contributed by atoms with E-state index in [0.717, 1.165) is 0 Å². The standard InChI is InChI=1S/C2H6O.CH3.Y/c1-3-2;;/h1-2H3;1H3;/q;-1;. The molecule has 0 spiro atoms. The van der Waals surface area contributed by atoms with Gasteiger partial charge in [0.15, 0.2) is 0 Å². The summed E-state index contributed by atoms with van der Waals surface area (Å²) in [4.78, 5) is 0. The Kier molecular flexibility index (Phi) is 65.0. The van der Waals surface area contributed by atoms with Gasteiger partial charge in [-0.1, -0.05) is 0 Å². The maximum Gasteiger partial charge on any atom is 0.0351 e. The Morgan fingerprint density at radius 2 is 1.20 bits per heavy atom. The molecule has 0 heterocycles. The molecule has 0 aromatic carbocycles. The summed E-state index contributed by atoms with van der Waals surface area (Å²) in [6.07, 6.45) is 0. The average molecular weight is 150 g/mol. The summed E-state index contributed by atoms with van der Waals surface area (Å²) in [6.45, 7) is 0. The second kappa shape index (κ2) is 19.6. The van der Waals surface area contributed by atoms with Crippen LogP contribution in [0, 0.1) is 7.43 Å². The first kappa shape index (κ1) is 16.6. The number of ether oxygens (including phenoxy) is 1. The minimum absolute atomic E-state index is 0. The maximum atomic E-state index is 4.25. The summed E-state index contributed by atoms with van der Waals surface area (Å²) >= 11 is 0. The maximum absolute atomic E-state index is 4.25. The van der Waals surface area contributed by atoms with Crippen LogP contribution in [0.5, 0.6) is 0 Å². The van der Waals surface area contributed by atoms with Gasteiger partial charge in [0, 0.05) is 46.9 Å². The fourth-order valence-corrected chi connectivity index (χ4v) is 0. The molecule has 0 amide bonds. The van der Waals surface area contributed by atoms with Crippen molar-refractivity contribution in [3.05, 3.63) is 7.43 Å². The largest absolute Gasteiger partial charge is 0.388 e. The summed E-state index contributed by atoms with van der Waals surface area (Å²) in [5.41, 5.74) is 0. The van der Waals surface area contributed by atoms with Gasteiger partial charge in [-0.3, -0.25) is 0 Å². The zero-order chi connectivity index (χ0) is 2.71. The molecule has 0 unspecified atom stereocenters. The van der Waals surface area contributed by atoms with Gasteiger partial charge in [0.1, 0.15) is 0 Å². The van der Waals surface area contributed by atoms with Gasteiger partial charge in [-0.2, -0.15) is 0 Å². The normalized spacial score (nSPS) is 3.60. The Balaban J connectivity index is -0.0000000200. The van der Waals surface area contributed by atoms with Crippen LogP contribution in [0.4, 0.5) is 0 Å². The molecule has 0 rings (SSSR count). The Morgan fingerprint density at radius 1 is 1.20 bits per heavy atom. The van der Waals surface area contributed by atoms with Gasteiger partial charge in [-0.05, 0) is 0 Å². The fourth-order valence-electron chi connectivity index (χ4n) is 0. The molecule has 0 aliphatic rings. The average Bonchev–Trinajstić information content (AvgIpc) is 0.918. The van der Waals surface area contributed by atoms with Gasteiger partial charge >= 0.3 is 0 Å². The molecule has 0 aliphatic heterocycles. The number of hydrogen-bond donors (Lipinski definition) is 0. The summed E-state index contributed by atoms with van der Waals surface area (Å²) in [5, 5.41) is 0. The van der Waals surface area contributed by atoms with Gasteiger partial charge in [0.25, 0.3) is 0 Å². The van der Waals surface area contributed by atoms with Crippen LogP contribution in [-0.2, 0) is 37.4 Å². The number of methoxy groups -OCH3 is 1. The van der Waals surface area contributed by atoms with Crippen LogP contribution in [0.15, 0.2) is 0 Å². The third kappa shape index (κ3) is 42.0. The zero-order valence-corrected chi connectivity index (χ0v) is 6.82. The van der Waals surface area contributed by atoms with Crippen LogP contribution < -0.4 is 0 Å². The molecule has 0 fully saturated rings. The second-order valence-electron chi connectivity index (χ2n) is 0.408. The first-order valence-corrected chi connectivity index (χ1v) is 0.816. The van der Waals surface area contributed by atoms with Gasteiger partial charge in [-0.15, -0.1) is 0 Å². The van der Waals surface area contributed by atoms with Gasteiger partial charge < -0.3 is 12.2 Å². The van der Waals surface area contributed by atoms with Crippen molar-refractivity contribution in [3.63, 3.8) is 0 Å². The van der Waals surface area contributed by atoms with E-state index in [0.29, 0.717) is 0 Å². The van der Waals surface area contributed by atoms with E-state index in [1.807, 2.05) is 0 Å². The second-order valence-corrected chi connectivity index (χ2v) is 0.408. The van der Waals surface area contributed by atoms with Crippen LogP contribution in [0.1, 0.15) is 0 Å². The molecule has 2 heteroatoms. The van der Waals surface area contributed by atoms with Crippen molar-refractivity contribution in [2.45, 2.75) is 0 Å². The summed E-state index contributed by atoms with van der Waals surface area (Å²) in [6, 6.07) is 0.